The van der Waals surface area contributed by atoms with Gasteiger partial charge < -0.3 is 10.2 Å². The average molecular weight is 322 g/mol. The van der Waals surface area contributed by atoms with Gasteiger partial charge >= 0.3 is 4.87 Å². The molecule has 8 heteroatoms. The first-order valence-corrected chi connectivity index (χ1v) is 8.10. The molecule has 1 aliphatic rings. The summed E-state index contributed by atoms with van der Waals surface area (Å²) < 4.78 is 0. The molecule has 0 amide bonds. The highest BCUT2D eigenvalue weighted by Gasteiger charge is 2.37. The van der Waals surface area contributed by atoms with E-state index in [0.29, 0.717) is 24.5 Å². The van der Waals surface area contributed by atoms with Crippen LogP contribution in [0.15, 0.2) is 14.4 Å². The van der Waals surface area contributed by atoms with Crippen LogP contribution in [0.1, 0.15) is 31.7 Å². The Morgan fingerprint density at radius 2 is 2.00 bits per heavy atom. The van der Waals surface area contributed by atoms with Crippen molar-refractivity contribution in [1.82, 2.24) is 10.2 Å². The Balaban J connectivity index is 1.86. The smallest absolute Gasteiger partial charge is 0.322 e. The van der Waals surface area contributed by atoms with Gasteiger partial charge in [-0.25, -0.2) is 5.10 Å². The third-order valence-corrected chi connectivity index (χ3v) is 4.90. The summed E-state index contributed by atoms with van der Waals surface area (Å²) in [6, 6.07) is 0.0921. The first kappa shape index (κ1) is 15.0. The minimum Gasteiger partial charge on any atom is -0.378 e. The number of aromatic amines is 1. The van der Waals surface area contributed by atoms with Gasteiger partial charge in [-0.2, -0.15) is 5.10 Å². The van der Waals surface area contributed by atoms with Crippen LogP contribution in [-0.2, 0) is 0 Å². The van der Waals surface area contributed by atoms with Gasteiger partial charge in [0.1, 0.15) is 16.4 Å². The summed E-state index contributed by atoms with van der Waals surface area (Å²) in [5, 5.41) is 10.3. The van der Waals surface area contributed by atoms with Crippen molar-refractivity contribution in [2.75, 3.05) is 23.3 Å². The number of hydrogen-bond acceptors (Lipinski definition) is 7. The lowest BCUT2D eigenvalue weighted by molar-refractivity contribution is 0.566. The number of aromatic nitrogens is 2. The molecule has 1 aromatic heterocycles. The van der Waals surface area contributed by atoms with Gasteiger partial charge in [-0.1, -0.05) is 18.3 Å². The van der Waals surface area contributed by atoms with Gasteiger partial charge in [-0.3, -0.25) is 14.4 Å². The topological polar surface area (TPSA) is 95.2 Å². The number of hydrogen-bond donors (Lipinski definition) is 2. The average Bonchev–Trinajstić information content (AvgIpc) is 3.03. The quantitative estimate of drug-likeness (QED) is 0.795. The molecule has 2 atom stereocenters. The minimum atomic E-state index is -0.441. The predicted molar refractivity (Wildman–Crippen MR) is 87.0 cm³/mol. The van der Waals surface area contributed by atoms with E-state index in [2.05, 4.69) is 22.4 Å². The maximum absolute atomic E-state index is 11.9. The molecule has 22 heavy (non-hydrogen) atoms. The van der Waals surface area contributed by atoms with Gasteiger partial charge in [0.15, 0.2) is 0 Å². The summed E-state index contributed by atoms with van der Waals surface area (Å²) in [5.74, 6) is 0.357. The number of nitrogens with one attached hydrogen (secondary N) is 2. The van der Waals surface area contributed by atoms with E-state index in [0.717, 1.165) is 16.3 Å². The van der Waals surface area contributed by atoms with Gasteiger partial charge in [0.2, 0.25) is 0 Å². The van der Waals surface area contributed by atoms with Crippen LogP contribution in [0, 0.1) is 5.92 Å². The van der Waals surface area contributed by atoms with Crippen LogP contribution in [0.3, 0.4) is 0 Å². The third kappa shape index (κ3) is 2.37. The van der Waals surface area contributed by atoms with Gasteiger partial charge in [-0.05, 0) is 19.8 Å². The lowest BCUT2D eigenvalue weighted by atomic mass is 9.99. The van der Waals surface area contributed by atoms with Crippen LogP contribution in [0.5, 0.6) is 0 Å². The first-order valence-electron chi connectivity index (χ1n) is 7.28. The minimum absolute atomic E-state index is 0.0921. The Morgan fingerprint density at radius 1 is 1.27 bits per heavy atom. The van der Waals surface area contributed by atoms with E-state index in [1.807, 2.05) is 18.7 Å². The molecule has 0 unspecified atom stereocenters. The first-order chi connectivity index (χ1) is 10.4. The predicted octanol–water partition coefficient (Wildman–Crippen LogP) is 0.488. The van der Waals surface area contributed by atoms with Crippen molar-refractivity contribution in [3.63, 3.8) is 0 Å². The number of rotatable bonds is 4. The highest BCUT2D eigenvalue weighted by Crippen LogP contribution is 2.36. The largest absolute Gasteiger partial charge is 0.378 e. The lowest BCUT2D eigenvalue weighted by Gasteiger charge is -2.24. The van der Waals surface area contributed by atoms with E-state index in [4.69, 9.17) is 0 Å². The molecular weight excluding hydrogens is 304 g/mol. The number of nitrogens with zero attached hydrogens (tertiary/aromatic N) is 2. The molecule has 1 saturated heterocycles. The fourth-order valence-corrected chi connectivity index (χ4v) is 3.81. The molecule has 0 radical (unpaired) electrons. The summed E-state index contributed by atoms with van der Waals surface area (Å²) in [7, 11) is 0. The van der Waals surface area contributed by atoms with Gasteiger partial charge in [0.25, 0.3) is 10.9 Å². The third-order valence-electron chi connectivity index (χ3n) is 4.02. The lowest BCUT2D eigenvalue weighted by Crippen LogP contribution is -2.42. The summed E-state index contributed by atoms with van der Waals surface area (Å²) in [6.45, 7) is 7.20. The number of H-pyrrole nitrogens is 1. The highest BCUT2D eigenvalue weighted by molar-refractivity contribution is 7.08. The number of anilines is 2. The second-order valence-corrected chi connectivity index (χ2v) is 7.11. The van der Waals surface area contributed by atoms with Gasteiger partial charge in [-0.15, -0.1) is 0 Å². The van der Waals surface area contributed by atoms with Crippen LogP contribution >= 0.6 is 11.3 Å². The van der Waals surface area contributed by atoms with E-state index >= 15 is 0 Å². The van der Waals surface area contributed by atoms with E-state index in [1.165, 1.54) is 0 Å². The van der Waals surface area contributed by atoms with Crippen molar-refractivity contribution in [1.29, 1.82) is 0 Å². The van der Waals surface area contributed by atoms with Crippen molar-refractivity contribution >= 4 is 22.7 Å². The highest BCUT2D eigenvalue weighted by atomic mass is 32.1. The van der Waals surface area contributed by atoms with Crippen molar-refractivity contribution in [3.05, 3.63) is 35.1 Å². The summed E-state index contributed by atoms with van der Waals surface area (Å²) >= 11 is 1.11. The molecule has 118 valence electrons. The standard InChI is InChI=1S/C14H18N4O3S/c1-6(2)15-9-10(12(20)11(9)19)18-4-7(3)8(5-18)13-16-17-14(21)22-13/h6-8,15H,4-5H2,1-3H3,(H,17,21)/t7-,8+/m1/s1. The maximum Gasteiger partial charge on any atom is 0.322 e. The maximum atomic E-state index is 11.9. The van der Waals surface area contributed by atoms with Gasteiger partial charge in [0, 0.05) is 25.0 Å². The molecule has 2 heterocycles. The molecule has 2 N–H and O–H groups in total. The molecule has 7 nitrogen and oxygen atoms in total. The Hall–Kier alpha value is -1.96. The van der Waals surface area contributed by atoms with E-state index < -0.39 is 10.9 Å². The fourth-order valence-electron chi connectivity index (χ4n) is 2.97. The van der Waals surface area contributed by atoms with Crippen molar-refractivity contribution in [2.45, 2.75) is 32.7 Å². The van der Waals surface area contributed by atoms with Crippen molar-refractivity contribution in [3.8, 4) is 0 Å². The van der Waals surface area contributed by atoms with Crippen LogP contribution in [0.2, 0.25) is 0 Å². The van der Waals surface area contributed by atoms with Crippen LogP contribution in [-0.4, -0.2) is 29.3 Å². The zero-order valence-corrected chi connectivity index (χ0v) is 13.5. The molecule has 1 aromatic carbocycles. The molecule has 0 saturated carbocycles. The van der Waals surface area contributed by atoms with E-state index in [9.17, 15) is 14.4 Å². The fraction of sp³-hybridized carbons (Fsp3) is 0.571. The zero-order chi connectivity index (χ0) is 16.0. The van der Waals surface area contributed by atoms with E-state index in [1.54, 1.807) is 0 Å². The van der Waals surface area contributed by atoms with Crippen molar-refractivity contribution in [2.24, 2.45) is 5.92 Å². The second kappa shape index (κ2) is 5.35. The molecular formula is C14H18N4O3S. The molecule has 0 bridgehead atoms. The van der Waals surface area contributed by atoms with Gasteiger partial charge in [0.05, 0.1) is 0 Å². The molecule has 1 fully saturated rings. The molecule has 0 spiro atoms. The second-order valence-electron chi connectivity index (χ2n) is 6.12. The van der Waals surface area contributed by atoms with Crippen LogP contribution < -0.4 is 25.9 Å². The molecule has 2 aromatic rings. The Kier molecular flexibility index (Phi) is 3.64. The summed E-state index contributed by atoms with van der Waals surface area (Å²) in [4.78, 5) is 36.7. The van der Waals surface area contributed by atoms with Crippen LogP contribution in [0.25, 0.3) is 0 Å². The Labute approximate surface area is 130 Å². The van der Waals surface area contributed by atoms with Crippen LogP contribution in [0.4, 0.5) is 11.4 Å². The summed E-state index contributed by atoms with van der Waals surface area (Å²) in [5.41, 5.74) is 0.0365. The molecule has 3 rings (SSSR count). The summed E-state index contributed by atoms with van der Waals surface area (Å²) in [6.07, 6.45) is 0. The normalized spacial score (nSPS) is 21.9. The Morgan fingerprint density at radius 3 is 2.59 bits per heavy atom. The SMILES string of the molecule is CC(C)Nc1c(N2C[C@@H](C)[C@@H](c3n[nH]c(=O)s3)C2)c(=O)c1=O. The monoisotopic (exact) mass is 322 g/mol. The van der Waals surface area contributed by atoms with E-state index in [-0.39, 0.29) is 22.8 Å². The van der Waals surface area contributed by atoms with Crippen molar-refractivity contribution < 1.29 is 0 Å². The molecule has 0 aliphatic carbocycles. The Bertz CT molecular complexity index is 815. The zero-order valence-electron chi connectivity index (χ0n) is 12.7. The molecule has 1 aliphatic heterocycles.